The van der Waals surface area contributed by atoms with Crippen molar-refractivity contribution >= 4 is 36.7 Å². The normalized spacial score (nSPS) is 11.7. The fraction of sp³-hybridized carbons (Fsp3) is 0.133. The lowest BCUT2D eigenvalue weighted by atomic mass is 10.2. The Hall–Kier alpha value is -1.92. The van der Waals surface area contributed by atoms with Crippen LogP contribution in [0.5, 0.6) is 0 Å². The van der Waals surface area contributed by atoms with Crippen LogP contribution >= 0.6 is 11.3 Å². The molecule has 4 nitrogen and oxygen atoms in total. The molecule has 1 N–H and O–H groups in total. The fourth-order valence-corrected chi connectivity index (χ4v) is 4.19. The molecule has 0 aliphatic rings. The Morgan fingerprint density at radius 2 is 1.90 bits per heavy atom. The molecule has 0 atom stereocenters. The second-order valence-corrected chi connectivity index (χ2v) is 7.31. The first-order chi connectivity index (χ1) is 10.1. The van der Waals surface area contributed by atoms with E-state index in [4.69, 9.17) is 0 Å². The zero-order valence-electron chi connectivity index (χ0n) is 11.4. The van der Waals surface area contributed by atoms with Crippen LogP contribution in [0.25, 0.3) is 10.2 Å². The molecule has 108 valence electrons. The van der Waals surface area contributed by atoms with Crippen molar-refractivity contribution in [2.24, 2.45) is 0 Å². The summed E-state index contributed by atoms with van der Waals surface area (Å²) in [7, 11) is -3.58. The zero-order chi connectivity index (χ0) is 14.9. The number of nitrogens with one attached hydrogen (secondary N) is 1. The highest BCUT2D eigenvalue weighted by molar-refractivity contribution is 7.93. The van der Waals surface area contributed by atoms with E-state index in [1.165, 1.54) is 16.9 Å². The first-order valence-corrected chi connectivity index (χ1v) is 8.86. The molecule has 0 amide bonds. The van der Waals surface area contributed by atoms with Crippen LogP contribution in [0, 0.1) is 0 Å². The van der Waals surface area contributed by atoms with E-state index >= 15 is 0 Å². The molecule has 0 radical (unpaired) electrons. The first-order valence-electron chi connectivity index (χ1n) is 6.56. The summed E-state index contributed by atoms with van der Waals surface area (Å²) in [5, 5.41) is 0.391. The number of rotatable bonds is 4. The zero-order valence-corrected chi connectivity index (χ0v) is 13.0. The topological polar surface area (TPSA) is 59.1 Å². The quantitative estimate of drug-likeness (QED) is 0.798. The molecule has 6 heteroatoms. The number of anilines is 1. The van der Waals surface area contributed by atoms with Gasteiger partial charge < -0.3 is 0 Å². The Balaban J connectivity index is 1.95. The van der Waals surface area contributed by atoms with Gasteiger partial charge >= 0.3 is 0 Å². The SMILES string of the molecule is CCc1ccc2nc(NS(=O)(=O)c3ccccc3)sc2c1. The molecule has 0 aliphatic heterocycles. The van der Waals surface area contributed by atoms with Crippen LogP contribution in [0.3, 0.4) is 0 Å². The van der Waals surface area contributed by atoms with Crippen molar-refractivity contribution < 1.29 is 8.42 Å². The Morgan fingerprint density at radius 3 is 2.62 bits per heavy atom. The summed E-state index contributed by atoms with van der Waals surface area (Å²) in [5.41, 5.74) is 2.02. The van der Waals surface area contributed by atoms with Crippen LogP contribution in [0.2, 0.25) is 0 Å². The van der Waals surface area contributed by atoms with Crippen LogP contribution < -0.4 is 4.72 Å². The van der Waals surface area contributed by atoms with Gasteiger partial charge in [-0.2, -0.15) is 0 Å². The molecular weight excluding hydrogens is 304 g/mol. The molecule has 3 aromatic rings. The lowest BCUT2D eigenvalue weighted by molar-refractivity contribution is 0.601. The molecule has 3 rings (SSSR count). The minimum absolute atomic E-state index is 0.235. The van der Waals surface area contributed by atoms with Crippen molar-refractivity contribution in [3.05, 3.63) is 54.1 Å². The summed E-state index contributed by atoms with van der Waals surface area (Å²) < 4.78 is 28.0. The average Bonchev–Trinajstić information content (AvgIpc) is 2.88. The van der Waals surface area contributed by atoms with Gasteiger partial charge in [-0.05, 0) is 36.2 Å². The predicted molar refractivity (Wildman–Crippen MR) is 86.2 cm³/mol. The number of aryl methyl sites for hydroxylation is 1. The predicted octanol–water partition coefficient (Wildman–Crippen LogP) is 3.66. The summed E-state index contributed by atoms with van der Waals surface area (Å²) in [4.78, 5) is 4.56. The van der Waals surface area contributed by atoms with Gasteiger partial charge in [0.25, 0.3) is 10.0 Å². The van der Waals surface area contributed by atoms with Crippen LogP contribution in [-0.4, -0.2) is 13.4 Å². The molecule has 21 heavy (non-hydrogen) atoms. The standard InChI is InChI=1S/C15H14N2O2S2/c1-2-11-8-9-13-14(10-11)20-15(16-13)17-21(18,19)12-6-4-3-5-7-12/h3-10H,2H2,1H3,(H,16,17). The molecular formula is C15H14N2O2S2. The van der Waals surface area contributed by atoms with Gasteiger partial charge in [0.1, 0.15) is 0 Å². The van der Waals surface area contributed by atoms with Gasteiger partial charge in [-0.25, -0.2) is 13.4 Å². The number of benzene rings is 2. The van der Waals surface area contributed by atoms with Crippen molar-refractivity contribution in [2.45, 2.75) is 18.2 Å². The van der Waals surface area contributed by atoms with Gasteiger partial charge in [-0.1, -0.05) is 42.5 Å². The number of nitrogens with zero attached hydrogens (tertiary/aromatic N) is 1. The van der Waals surface area contributed by atoms with Crippen LogP contribution in [0.15, 0.2) is 53.4 Å². The Kier molecular flexibility index (Phi) is 3.65. The van der Waals surface area contributed by atoms with E-state index in [2.05, 4.69) is 16.6 Å². The summed E-state index contributed by atoms with van der Waals surface area (Å²) in [6.07, 6.45) is 0.943. The highest BCUT2D eigenvalue weighted by Gasteiger charge is 2.16. The summed E-state index contributed by atoms with van der Waals surface area (Å²) >= 11 is 1.35. The minimum Gasteiger partial charge on any atom is -0.255 e. The molecule has 1 aromatic heterocycles. The monoisotopic (exact) mass is 318 g/mol. The van der Waals surface area contributed by atoms with Crippen molar-refractivity contribution in [3.8, 4) is 0 Å². The second kappa shape index (κ2) is 5.46. The Labute approximate surface area is 127 Å². The van der Waals surface area contributed by atoms with Crippen molar-refractivity contribution in [2.75, 3.05) is 4.72 Å². The summed E-state index contributed by atoms with van der Waals surface area (Å²) in [6, 6.07) is 14.3. The molecule has 0 aliphatic carbocycles. The fourth-order valence-electron chi connectivity index (χ4n) is 2.01. The maximum absolute atomic E-state index is 12.3. The van der Waals surface area contributed by atoms with Gasteiger partial charge in [0, 0.05) is 0 Å². The molecule has 0 bridgehead atoms. The third kappa shape index (κ3) is 2.91. The van der Waals surface area contributed by atoms with Crippen molar-refractivity contribution in [1.29, 1.82) is 0 Å². The van der Waals surface area contributed by atoms with Crippen LogP contribution in [0.1, 0.15) is 12.5 Å². The second-order valence-electron chi connectivity index (χ2n) is 4.59. The van der Waals surface area contributed by atoms with E-state index < -0.39 is 10.0 Å². The van der Waals surface area contributed by atoms with E-state index in [9.17, 15) is 8.42 Å². The molecule has 0 unspecified atom stereocenters. The lowest BCUT2D eigenvalue weighted by Gasteiger charge is -2.03. The highest BCUT2D eigenvalue weighted by atomic mass is 32.2. The number of thiazole rings is 1. The molecule has 2 aromatic carbocycles. The number of hydrogen-bond donors (Lipinski definition) is 1. The number of aromatic nitrogens is 1. The van der Waals surface area contributed by atoms with Crippen molar-refractivity contribution in [1.82, 2.24) is 4.98 Å². The highest BCUT2D eigenvalue weighted by Crippen LogP contribution is 2.28. The van der Waals surface area contributed by atoms with Gasteiger partial charge in [0.15, 0.2) is 5.13 Å². The third-order valence-electron chi connectivity index (χ3n) is 3.14. The van der Waals surface area contributed by atoms with E-state index in [0.29, 0.717) is 5.13 Å². The molecule has 0 fully saturated rings. The molecule has 0 saturated heterocycles. The lowest BCUT2D eigenvalue weighted by Crippen LogP contribution is -2.12. The summed E-state index contributed by atoms with van der Waals surface area (Å²) in [5.74, 6) is 0. The molecule has 0 saturated carbocycles. The van der Waals surface area contributed by atoms with Gasteiger partial charge in [-0.3, -0.25) is 4.72 Å². The Morgan fingerprint density at radius 1 is 1.14 bits per heavy atom. The largest absolute Gasteiger partial charge is 0.263 e. The van der Waals surface area contributed by atoms with E-state index in [0.717, 1.165) is 16.6 Å². The summed E-state index contributed by atoms with van der Waals surface area (Å²) in [6.45, 7) is 2.08. The molecule has 0 spiro atoms. The van der Waals surface area contributed by atoms with E-state index in [1.54, 1.807) is 30.3 Å². The first kappa shape index (κ1) is 14.0. The minimum atomic E-state index is -3.58. The maximum Gasteiger partial charge on any atom is 0.263 e. The van der Waals surface area contributed by atoms with Gasteiger partial charge in [0.05, 0.1) is 15.1 Å². The molecule has 1 heterocycles. The number of sulfonamides is 1. The van der Waals surface area contributed by atoms with Crippen LogP contribution in [-0.2, 0) is 16.4 Å². The van der Waals surface area contributed by atoms with Gasteiger partial charge in [-0.15, -0.1) is 0 Å². The average molecular weight is 318 g/mol. The van der Waals surface area contributed by atoms with E-state index in [1.807, 2.05) is 18.2 Å². The van der Waals surface area contributed by atoms with Gasteiger partial charge in [0.2, 0.25) is 0 Å². The smallest absolute Gasteiger partial charge is 0.255 e. The van der Waals surface area contributed by atoms with Crippen molar-refractivity contribution in [3.63, 3.8) is 0 Å². The van der Waals surface area contributed by atoms with E-state index in [-0.39, 0.29) is 4.90 Å². The van der Waals surface area contributed by atoms with Crippen LogP contribution in [0.4, 0.5) is 5.13 Å². The number of hydrogen-bond acceptors (Lipinski definition) is 4. The maximum atomic E-state index is 12.3. The Bertz CT molecular complexity index is 871. The number of fused-ring (bicyclic) bond motifs is 1. The third-order valence-corrected chi connectivity index (χ3v) is 5.55.